The van der Waals surface area contributed by atoms with Gasteiger partial charge in [0.05, 0.1) is 25.9 Å². The van der Waals surface area contributed by atoms with E-state index in [0.29, 0.717) is 45.6 Å². The third-order valence-corrected chi connectivity index (χ3v) is 5.33. The van der Waals surface area contributed by atoms with Crippen LogP contribution in [0.3, 0.4) is 0 Å². The molecule has 1 aromatic heterocycles. The first kappa shape index (κ1) is 23.8. The van der Waals surface area contributed by atoms with Gasteiger partial charge < -0.3 is 35.8 Å². The molecule has 0 amide bonds. The maximum atomic E-state index is 11.9. The van der Waals surface area contributed by atoms with E-state index in [1.54, 1.807) is 19.2 Å². The van der Waals surface area contributed by atoms with Gasteiger partial charge in [-0.15, -0.1) is 13.2 Å². The smallest absolute Gasteiger partial charge is 0.352 e. The molecule has 7 N–H and O–H groups in total. The Labute approximate surface area is 175 Å². The molecule has 164 valence electrons. The van der Waals surface area contributed by atoms with E-state index in [1.807, 2.05) is 0 Å². The van der Waals surface area contributed by atoms with Crippen molar-refractivity contribution in [3.05, 3.63) is 58.9 Å². The number of nitrogens with one attached hydrogen (secondary N) is 2. The van der Waals surface area contributed by atoms with Gasteiger partial charge >= 0.3 is 5.97 Å². The standard InChI is InChI=1S/C20H26N2O6.C2H4/c1-21-6-15-16(12-5-4-11(7-23)13(8-24)14(12)9-25)17(18(22-15)20(27)28)19(26)10-2-3-10;1-2/h4-5,10,19,21-26H,2-3,6-9H2,1H3,(H,27,28);1-2H2. The maximum absolute atomic E-state index is 11.9. The van der Waals surface area contributed by atoms with Gasteiger partial charge in [-0.25, -0.2) is 4.79 Å². The molecule has 8 heteroatoms. The van der Waals surface area contributed by atoms with Gasteiger partial charge in [0, 0.05) is 23.4 Å². The highest BCUT2D eigenvalue weighted by Crippen LogP contribution is 2.47. The molecule has 1 fully saturated rings. The van der Waals surface area contributed by atoms with Crippen molar-refractivity contribution < 1.29 is 30.3 Å². The molecule has 3 rings (SSSR count). The van der Waals surface area contributed by atoms with E-state index in [-0.39, 0.29) is 24.8 Å². The van der Waals surface area contributed by atoms with Crippen LogP contribution in [0.25, 0.3) is 11.1 Å². The summed E-state index contributed by atoms with van der Waals surface area (Å²) in [6.45, 7) is 5.26. The lowest BCUT2D eigenvalue weighted by molar-refractivity contribution is 0.0681. The highest BCUT2D eigenvalue weighted by atomic mass is 16.4. The Bertz CT molecular complexity index is 888. The van der Waals surface area contributed by atoms with Gasteiger partial charge in [0.25, 0.3) is 0 Å². The lowest BCUT2D eigenvalue weighted by atomic mass is 9.88. The molecular formula is C22H30N2O6. The predicted octanol–water partition coefficient (Wildman–Crippen LogP) is 1.82. The first-order chi connectivity index (χ1) is 14.5. The number of aromatic nitrogens is 1. The second kappa shape index (κ2) is 10.5. The summed E-state index contributed by atoms with van der Waals surface area (Å²) in [7, 11) is 1.73. The largest absolute Gasteiger partial charge is 0.477 e. The van der Waals surface area contributed by atoms with Gasteiger partial charge in [0.2, 0.25) is 0 Å². The number of hydrogen-bond acceptors (Lipinski definition) is 6. The Kier molecular flexibility index (Phi) is 8.33. The second-order valence-electron chi connectivity index (χ2n) is 7.09. The van der Waals surface area contributed by atoms with Crippen molar-refractivity contribution in [3.63, 3.8) is 0 Å². The van der Waals surface area contributed by atoms with Crippen molar-refractivity contribution in [2.24, 2.45) is 5.92 Å². The summed E-state index contributed by atoms with van der Waals surface area (Å²) in [6, 6.07) is 3.33. The summed E-state index contributed by atoms with van der Waals surface area (Å²) >= 11 is 0. The molecule has 1 atom stereocenters. The molecule has 30 heavy (non-hydrogen) atoms. The van der Waals surface area contributed by atoms with Crippen LogP contribution in [0.5, 0.6) is 0 Å². The predicted molar refractivity (Wildman–Crippen MR) is 113 cm³/mol. The highest BCUT2D eigenvalue weighted by molar-refractivity contribution is 5.92. The summed E-state index contributed by atoms with van der Waals surface area (Å²) in [4.78, 5) is 14.8. The van der Waals surface area contributed by atoms with Crippen molar-refractivity contribution in [1.29, 1.82) is 0 Å². The van der Waals surface area contributed by atoms with E-state index in [1.165, 1.54) is 0 Å². The fourth-order valence-corrected chi connectivity index (χ4v) is 3.80. The number of H-pyrrole nitrogens is 1. The molecule has 1 aliphatic rings. The van der Waals surface area contributed by atoms with Crippen molar-refractivity contribution in [3.8, 4) is 11.1 Å². The Morgan fingerprint density at radius 2 is 1.80 bits per heavy atom. The average Bonchev–Trinajstić information content (AvgIpc) is 3.54. The summed E-state index contributed by atoms with van der Waals surface area (Å²) in [5.41, 5.74) is 3.17. The second-order valence-corrected chi connectivity index (χ2v) is 7.09. The minimum Gasteiger partial charge on any atom is -0.477 e. The lowest BCUT2D eigenvalue weighted by Gasteiger charge is -2.19. The quantitative estimate of drug-likeness (QED) is 0.307. The topological polar surface area (TPSA) is 146 Å². The zero-order valence-corrected chi connectivity index (χ0v) is 17.1. The molecule has 2 aromatic rings. The molecule has 0 saturated heterocycles. The van der Waals surface area contributed by atoms with Gasteiger partial charge in [-0.3, -0.25) is 0 Å². The Morgan fingerprint density at radius 3 is 2.27 bits per heavy atom. The summed E-state index contributed by atoms with van der Waals surface area (Å²) in [5.74, 6) is -1.17. The van der Waals surface area contributed by atoms with Crippen molar-refractivity contribution >= 4 is 5.97 Å². The van der Waals surface area contributed by atoms with E-state index in [2.05, 4.69) is 23.5 Å². The third kappa shape index (κ3) is 4.48. The van der Waals surface area contributed by atoms with Crippen LogP contribution in [0.15, 0.2) is 25.3 Å². The molecule has 1 aliphatic carbocycles. The number of aromatic carboxylic acids is 1. The van der Waals surface area contributed by atoms with Crippen molar-refractivity contribution in [1.82, 2.24) is 10.3 Å². The van der Waals surface area contributed by atoms with Crippen molar-refractivity contribution in [2.45, 2.75) is 45.3 Å². The van der Waals surface area contributed by atoms with E-state index < -0.39 is 18.7 Å². The Hall–Kier alpha value is -2.49. The van der Waals surface area contributed by atoms with Gasteiger partial charge in [0.1, 0.15) is 5.69 Å². The SMILES string of the molecule is C=C.CNCc1[nH]c(C(=O)O)c(C(O)C2CC2)c1-c1ccc(CO)c(CO)c1CO. The monoisotopic (exact) mass is 418 g/mol. The lowest BCUT2D eigenvalue weighted by Crippen LogP contribution is -2.10. The number of carboxylic acids is 1. The number of carbonyl (C=O) groups is 1. The fraction of sp³-hybridized carbons (Fsp3) is 0.409. The van der Waals surface area contributed by atoms with Crippen LogP contribution in [-0.2, 0) is 26.4 Å². The summed E-state index contributed by atoms with van der Waals surface area (Å²) < 4.78 is 0. The number of aliphatic hydroxyl groups is 4. The molecule has 1 unspecified atom stereocenters. The normalized spacial score (nSPS) is 14.2. The van der Waals surface area contributed by atoms with Crippen LogP contribution in [0.4, 0.5) is 0 Å². The van der Waals surface area contributed by atoms with Crippen LogP contribution in [0.1, 0.15) is 57.4 Å². The van der Waals surface area contributed by atoms with Gasteiger partial charge in [-0.05, 0) is 48.1 Å². The summed E-state index contributed by atoms with van der Waals surface area (Å²) in [6.07, 6.45) is 0.707. The average molecular weight is 418 g/mol. The maximum Gasteiger partial charge on any atom is 0.352 e. The summed E-state index contributed by atoms with van der Waals surface area (Å²) in [5, 5.41) is 52.9. The van der Waals surface area contributed by atoms with Crippen LogP contribution in [-0.4, -0.2) is 43.5 Å². The van der Waals surface area contributed by atoms with Gasteiger partial charge in [-0.2, -0.15) is 0 Å². The van der Waals surface area contributed by atoms with E-state index in [9.17, 15) is 30.3 Å². The zero-order valence-electron chi connectivity index (χ0n) is 17.1. The van der Waals surface area contributed by atoms with E-state index in [4.69, 9.17) is 0 Å². The molecule has 0 aliphatic heterocycles. The first-order valence-corrected chi connectivity index (χ1v) is 9.75. The number of carboxylic acid groups (broad SMARTS) is 1. The molecule has 0 bridgehead atoms. The number of aliphatic hydroxyl groups excluding tert-OH is 4. The molecule has 0 spiro atoms. The molecule has 1 aromatic carbocycles. The first-order valence-electron chi connectivity index (χ1n) is 9.75. The van der Waals surface area contributed by atoms with Crippen LogP contribution >= 0.6 is 0 Å². The molecule has 1 heterocycles. The zero-order chi connectivity index (χ0) is 22.4. The minimum absolute atomic E-state index is 0.00156. The highest BCUT2D eigenvalue weighted by Gasteiger charge is 2.37. The van der Waals surface area contributed by atoms with Gasteiger partial charge in [0.15, 0.2) is 0 Å². The minimum atomic E-state index is -1.17. The van der Waals surface area contributed by atoms with Crippen molar-refractivity contribution in [2.75, 3.05) is 7.05 Å². The molecule has 1 saturated carbocycles. The molecule has 0 radical (unpaired) electrons. The number of aromatic amines is 1. The number of rotatable bonds is 9. The van der Waals surface area contributed by atoms with E-state index >= 15 is 0 Å². The number of benzene rings is 1. The molecule has 8 nitrogen and oxygen atoms in total. The van der Waals surface area contributed by atoms with Crippen LogP contribution < -0.4 is 5.32 Å². The Morgan fingerprint density at radius 1 is 1.17 bits per heavy atom. The van der Waals surface area contributed by atoms with Crippen LogP contribution in [0, 0.1) is 5.92 Å². The van der Waals surface area contributed by atoms with Crippen LogP contribution in [0.2, 0.25) is 0 Å². The fourth-order valence-electron chi connectivity index (χ4n) is 3.80. The third-order valence-electron chi connectivity index (χ3n) is 5.33. The molecular weight excluding hydrogens is 388 g/mol. The number of hydrogen-bond donors (Lipinski definition) is 7. The van der Waals surface area contributed by atoms with Gasteiger partial charge in [-0.1, -0.05) is 12.1 Å². The van der Waals surface area contributed by atoms with E-state index in [0.717, 1.165) is 12.8 Å². The Balaban J connectivity index is 0.00000155.